The summed E-state index contributed by atoms with van der Waals surface area (Å²) >= 11 is 0. The Morgan fingerprint density at radius 1 is 1.29 bits per heavy atom. The molecule has 0 aliphatic carbocycles. The number of nitrogens with zero attached hydrogens (tertiary/aromatic N) is 2. The molecule has 1 aromatic carbocycles. The van der Waals surface area contributed by atoms with E-state index in [4.69, 9.17) is 5.26 Å². The third-order valence-corrected chi connectivity index (χ3v) is 3.60. The van der Waals surface area contributed by atoms with Crippen molar-refractivity contribution in [2.24, 2.45) is 0 Å². The highest BCUT2D eigenvalue weighted by Gasteiger charge is 2.06. The molecule has 0 N–H and O–H groups in total. The van der Waals surface area contributed by atoms with Gasteiger partial charge in [-0.05, 0) is 31.2 Å². The fourth-order valence-electron chi connectivity index (χ4n) is 1.42. The molecule has 0 heterocycles. The molecule has 0 fully saturated rings. The van der Waals surface area contributed by atoms with Gasteiger partial charge in [0.15, 0.2) is 9.84 Å². The van der Waals surface area contributed by atoms with E-state index in [2.05, 4.69) is 6.07 Å². The summed E-state index contributed by atoms with van der Waals surface area (Å²) in [4.78, 5) is 2.26. The van der Waals surface area contributed by atoms with Crippen molar-refractivity contribution < 1.29 is 8.42 Å². The van der Waals surface area contributed by atoms with Crippen LogP contribution < -0.4 is 0 Å². The highest BCUT2D eigenvalue weighted by atomic mass is 32.2. The minimum atomic E-state index is -3.11. The average Bonchev–Trinajstić information content (AvgIpc) is 2.26. The van der Waals surface area contributed by atoms with Crippen molar-refractivity contribution in [3.8, 4) is 6.07 Å². The van der Waals surface area contributed by atoms with E-state index in [0.29, 0.717) is 11.4 Å². The molecule has 0 spiro atoms. The molecule has 0 radical (unpaired) electrons. The minimum Gasteiger partial charge on any atom is -0.293 e. The van der Waals surface area contributed by atoms with Crippen LogP contribution in [0.5, 0.6) is 0 Å². The maximum Gasteiger partial charge on any atom is 0.175 e. The Kier molecular flexibility index (Phi) is 4.67. The van der Waals surface area contributed by atoms with Crippen LogP contribution in [0.15, 0.2) is 29.2 Å². The van der Waals surface area contributed by atoms with Gasteiger partial charge in [-0.1, -0.05) is 12.1 Å². The van der Waals surface area contributed by atoms with Crippen molar-refractivity contribution in [3.05, 3.63) is 29.8 Å². The second-order valence-corrected chi connectivity index (χ2v) is 6.08. The van der Waals surface area contributed by atoms with Crippen LogP contribution in [0.2, 0.25) is 0 Å². The second-order valence-electron chi connectivity index (χ2n) is 4.06. The molecule has 4 nitrogen and oxygen atoms in total. The number of hydrogen-bond donors (Lipinski definition) is 0. The lowest BCUT2D eigenvalue weighted by atomic mass is 10.1. The number of benzene rings is 1. The summed E-state index contributed by atoms with van der Waals surface area (Å²) in [6, 6.07) is 8.95. The summed E-state index contributed by atoms with van der Waals surface area (Å²) in [6.07, 6.45) is 2.00. The SMILES string of the molecule is CN(CC#N)CCc1ccc(S(C)(=O)=O)cc1. The fraction of sp³-hybridized carbons (Fsp3) is 0.417. The number of nitriles is 1. The van der Waals surface area contributed by atoms with Gasteiger partial charge in [-0.2, -0.15) is 5.26 Å². The van der Waals surface area contributed by atoms with Gasteiger partial charge in [0.05, 0.1) is 17.5 Å². The molecule has 0 aliphatic rings. The Balaban J connectivity index is 2.61. The summed E-state index contributed by atoms with van der Waals surface area (Å²) in [6.45, 7) is 1.19. The Morgan fingerprint density at radius 3 is 2.35 bits per heavy atom. The van der Waals surface area contributed by atoms with E-state index >= 15 is 0 Å². The predicted molar refractivity (Wildman–Crippen MR) is 66.4 cm³/mol. The van der Waals surface area contributed by atoms with E-state index in [0.717, 1.165) is 18.5 Å². The Labute approximate surface area is 102 Å². The first-order valence-corrected chi connectivity index (χ1v) is 7.17. The number of sulfone groups is 1. The van der Waals surface area contributed by atoms with Crippen LogP contribution in [0.25, 0.3) is 0 Å². The van der Waals surface area contributed by atoms with Crippen LogP contribution in [0.1, 0.15) is 5.56 Å². The number of rotatable bonds is 5. The summed E-state index contributed by atoms with van der Waals surface area (Å²) in [5, 5.41) is 8.50. The maximum atomic E-state index is 11.3. The second kappa shape index (κ2) is 5.80. The van der Waals surface area contributed by atoms with Gasteiger partial charge in [0, 0.05) is 12.8 Å². The highest BCUT2D eigenvalue weighted by molar-refractivity contribution is 7.90. The summed E-state index contributed by atoms with van der Waals surface area (Å²) in [5.74, 6) is 0. The predicted octanol–water partition coefficient (Wildman–Crippen LogP) is 1.09. The van der Waals surface area contributed by atoms with E-state index in [1.807, 2.05) is 24.1 Å². The van der Waals surface area contributed by atoms with Crippen molar-refractivity contribution in [3.63, 3.8) is 0 Å². The lowest BCUT2D eigenvalue weighted by Gasteiger charge is -2.12. The van der Waals surface area contributed by atoms with Crippen molar-refractivity contribution in [2.75, 3.05) is 26.4 Å². The molecule has 0 aliphatic heterocycles. The molecule has 0 amide bonds. The van der Waals surface area contributed by atoms with Crippen LogP contribution in [0.3, 0.4) is 0 Å². The molecule has 0 unspecified atom stereocenters. The van der Waals surface area contributed by atoms with Gasteiger partial charge in [-0.15, -0.1) is 0 Å². The molecule has 0 aromatic heterocycles. The largest absolute Gasteiger partial charge is 0.293 e. The Hall–Kier alpha value is -1.38. The van der Waals surface area contributed by atoms with Gasteiger partial charge < -0.3 is 0 Å². The first-order chi connectivity index (χ1) is 7.93. The van der Waals surface area contributed by atoms with Crippen LogP contribution in [0, 0.1) is 11.3 Å². The van der Waals surface area contributed by atoms with Crippen molar-refractivity contribution in [2.45, 2.75) is 11.3 Å². The first kappa shape index (κ1) is 13.7. The molecule has 0 atom stereocenters. The fourth-order valence-corrected chi connectivity index (χ4v) is 2.05. The van der Waals surface area contributed by atoms with Gasteiger partial charge in [0.2, 0.25) is 0 Å². The van der Waals surface area contributed by atoms with Crippen molar-refractivity contribution in [1.82, 2.24) is 4.90 Å². The normalized spacial score (nSPS) is 11.4. The standard InChI is InChI=1S/C12H16N2O2S/c1-14(10-8-13)9-7-11-3-5-12(6-4-11)17(2,15)16/h3-6H,7,9-10H2,1-2H3. The first-order valence-electron chi connectivity index (χ1n) is 5.28. The Bertz CT molecular complexity index is 500. The van der Waals surface area contributed by atoms with Crippen LogP contribution in [-0.2, 0) is 16.3 Å². The third-order valence-electron chi connectivity index (χ3n) is 2.47. The number of likely N-dealkylation sites (N-methyl/N-ethyl adjacent to an activating group) is 1. The molecule has 1 aromatic rings. The third kappa shape index (κ3) is 4.55. The molecular formula is C12H16N2O2S. The van der Waals surface area contributed by atoms with Crippen molar-refractivity contribution in [1.29, 1.82) is 5.26 Å². The summed E-state index contributed by atoms with van der Waals surface area (Å²) in [5.41, 5.74) is 1.07. The van der Waals surface area contributed by atoms with Crippen LogP contribution in [-0.4, -0.2) is 39.7 Å². The smallest absolute Gasteiger partial charge is 0.175 e. The summed E-state index contributed by atoms with van der Waals surface area (Å²) < 4.78 is 22.5. The lowest BCUT2D eigenvalue weighted by molar-refractivity contribution is 0.379. The molecule has 0 saturated heterocycles. The van der Waals surface area contributed by atoms with Crippen LogP contribution >= 0.6 is 0 Å². The van der Waals surface area contributed by atoms with Gasteiger partial charge in [0.1, 0.15) is 0 Å². The zero-order valence-electron chi connectivity index (χ0n) is 10.0. The average molecular weight is 252 g/mol. The van der Waals surface area contributed by atoms with Crippen molar-refractivity contribution >= 4 is 9.84 Å². The molecule has 5 heteroatoms. The van der Waals surface area contributed by atoms with E-state index < -0.39 is 9.84 Å². The van der Waals surface area contributed by atoms with E-state index in [9.17, 15) is 8.42 Å². The molecular weight excluding hydrogens is 236 g/mol. The molecule has 92 valence electrons. The zero-order chi connectivity index (χ0) is 12.9. The van der Waals surface area contributed by atoms with E-state index in [-0.39, 0.29) is 0 Å². The maximum absolute atomic E-state index is 11.3. The molecule has 17 heavy (non-hydrogen) atoms. The topological polar surface area (TPSA) is 61.2 Å². The quantitative estimate of drug-likeness (QED) is 0.736. The molecule has 0 saturated carbocycles. The lowest BCUT2D eigenvalue weighted by Crippen LogP contribution is -2.21. The van der Waals surface area contributed by atoms with Crippen LogP contribution in [0.4, 0.5) is 0 Å². The summed E-state index contributed by atoms with van der Waals surface area (Å²) in [7, 11) is -1.23. The molecule has 0 bridgehead atoms. The monoisotopic (exact) mass is 252 g/mol. The number of hydrogen-bond acceptors (Lipinski definition) is 4. The minimum absolute atomic E-state index is 0.339. The van der Waals surface area contributed by atoms with E-state index in [1.165, 1.54) is 6.26 Å². The van der Waals surface area contributed by atoms with Gasteiger partial charge in [-0.25, -0.2) is 8.42 Å². The molecule has 1 rings (SSSR count). The Morgan fingerprint density at radius 2 is 1.88 bits per heavy atom. The zero-order valence-corrected chi connectivity index (χ0v) is 10.9. The van der Waals surface area contributed by atoms with Gasteiger partial charge in [0.25, 0.3) is 0 Å². The van der Waals surface area contributed by atoms with Gasteiger partial charge in [-0.3, -0.25) is 4.90 Å². The van der Waals surface area contributed by atoms with Gasteiger partial charge >= 0.3 is 0 Å². The highest BCUT2D eigenvalue weighted by Crippen LogP contribution is 2.10. The van der Waals surface area contributed by atoms with E-state index in [1.54, 1.807) is 12.1 Å².